The summed E-state index contributed by atoms with van der Waals surface area (Å²) in [7, 11) is -3.74. The molecule has 1 heterocycles. The van der Waals surface area contributed by atoms with E-state index in [0.29, 0.717) is 11.4 Å². The van der Waals surface area contributed by atoms with E-state index in [1.54, 1.807) is 6.07 Å². The monoisotopic (exact) mass is 443 g/mol. The van der Waals surface area contributed by atoms with Crippen LogP contribution in [0.15, 0.2) is 47.4 Å². The highest BCUT2D eigenvalue weighted by Gasteiger charge is 2.30. The molecule has 164 valence electrons. The number of carbonyl (C=O) groups excluding carboxylic acids is 2. The van der Waals surface area contributed by atoms with Gasteiger partial charge in [-0.25, -0.2) is 13.1 Å². The van der Waals surface area contributed by atoms with Crippen molar-refractivity contribution in [1.29, 1.82) is 0 Å². The highest BCUT2D eigenvalue weighted by atomic mass is 32.2. The standard InChI is InChI=1S/C22H25N3O5S/c1-15-5-4-8-17(11-15)23-21(26)13-25-19-12-18(9-10-20(19)30-14-22(25)27)31(28,29)24-16-6-2-3-7-16/h4-5,8-12,16,24H,2-3,6-7,13-14H2,1H3,(H,23,26). The average Bonchev–Trinajstić information content (AvgIpc) is 3.22. The second kappa shape index (κ2) is 8.68. The number of anilines is 2. The van der Waals surface area contributed by atoms with Gasteiger partial charge in [0.1, 0.15) is 12.3 Å². The van der Waals surface area contributed by atoms with Crippen LogP contribution in [0.2, 0.25) is 0 Å². The molecule has 0 bridgehead atoms. The number of sulfonamides is 1. The normalized spacial score (nSPS) is 16.7. The van der Waals surface area contributed by atoms with Gasteiger partial charge in [0.05, 0.1) is 10.6 Å². The highest BCUT2D eigenvalue weighted by Crippen LogP contribution is 2.34. The topological polar surface area (TPSA) is 105 Å². The highest BCUT2D eigenvalue weighted by molar-refractivity contribution is 7.89. The lowest BCUT2D eigenvalue weighted by Crippen LogP contribution is -2.43. The van der Waals surface area contributed by atoms with E-state index in [2.05, 4.69) is 10.0 Å². The molecule has 2 aromatic carbocycles. The molecule has 0 spiro atoms. The third-order valence-corrected chi connectivity index (χ3v) is 6.98. The van der Waals surface area contributed by atoms with Gasteiger partial charge in [-0.05, 0) is 55.7 Å². The molecule has 2 aliphatic rings. The predicted molar refractivity (Wildman–Crippen MR) is 117 cm³/mol. The number of ether oxygens (including phenoxy) is 1. The van der Waals surface area contributed by atoms with Gasteiger partial charge in [0.25, 0.3) is 5.91 Å². The molecule has 1 saturated carbocycles. The lowest BCUT2D eigenvalue weighted by Gasteiger charge is -2.29. The first-order valence-corrected chi connectivity index (χ1v) is 11.8. The number of nitrogens with one attached hydrogen (secondary N) is 2. The third-order valence-electron chi connectivity index (χ3n) is 5.46. The summed E-state index contributed by atoms with van der Waals surface area (Å²) in [6, 6.07) is 11.6. The Morgan fingerprint density at radius 2 is 1.94 bits per heavy atom. The first-order valence-electron chi connectivity index (χ1n) is 10.3. The Morgan fingerprint density at radius 1 is 1.16 bits per heavy atom. The molecule has 9 heteroatoms. The molecule has 0 aromatic heterocycles. The van der Waals surface area contributed by atoms with Crippen LogP contribution in [0.3, 0.4) is 0 Å². The smallest absolute Gasteiger partial charge is 0.265 e. The number of aryl methyl sites for hydroxylation is 1. The summed E-state index contributed by atoms with van der Waals surface area (Å²) in [6.45, 7) is 1.46. The summed E-state index contributed by atoms with van der Waals surface area (Å²) in [5.74, 6) is -0.433. The number of hydrogen-bond donors (Lipinski definition) is 2. The summed E-state index contributed by atoms with van der Waals surface area (Å²) in [5, 5.41) is 2.77. The Hall–Kier alpha value is -2.91. The lowest BCUT2D eigenvalue weighted by atomic mass is 10.2. The van der Waals surface area contributed by atoms with Gasteiger partial charge in [-0.15, -0.1) is 0 Å². The van der Waals surface area contributed by atoms with Crippen molar-refractivity contribution in [2.24, 2.45) is 0 Å². The van der Waals surface area contributed by atoms with Crippen LogP contribution in [0, 0.1) is 6.92 Å². The van der Waals surface area contributed by atoms with Crippen molar-refractivity contribution >= 4 is 33.2 Å². The molecule has 0 saturated heterocycles. The Labute approximate surface area is 181 Å². The molecule has 0 unspecified atom stereocenters. The number of benzene rings is 2. The predicted octanol–water partition coefficient (Wildman–Crippen LogP) is 2.58. The van der Waals surface area contributed by atoms with Crippen molar-refractivity contribution in [2.75, 3.05) is 23.4 Å². The van der Waals surface area contributed by atoms with Crippen molar-refractivity contribution in [1.82, 2.24) is 4.72 Å². The minimum atomic E-state index is -3.74. The zero-order valence-corrected chi connectivity index (χ0v) is 18.1. The van der Waals surface area contributed by atoms with E-state index in [1.165, 1.54) is 23.1 Å². The van der Waals surface area contributed by atoms with Crippen LogP contribution in [-0.4, -0.2) is 39.4 Å². The maximum atomic E-state index is 12.8. The van der Waals surface area contributed by atoms with Crippen LogP contribution in [0.1, 0.15) is 31.2 Å². The van der Waals surface area contributed by atoms with E-state index in [1.807, 2.05) is 25.1 Å². The molecular weight excluding hydrogens is 418 g/mol. The van der Waals surface area contributed by atoms with Gasteiger partial charge < -0.3 is 10.1 Å². The number of fused-ring (bicyclic) bond motifs is 1. The van der Waals surface area contributed by atoms with E-state index in [0.717, 1.165) is 31.2 Å². The fourth-order valence-corrected chi connectivity index (χ4v) is 5.25. The Kier molecular flexibility index (Phi) is 5.97. The SMILES string of the molecule is Cc1cccc(NC(=O)CN2C(=O)COc3ccc(S(=O)(=O)NC4CCCC4)cc32)c1. The van der Waals surface area contributed by atoms with E-state index < -0.39 is 15.9 Å². The maximum Gasteiger partial charge on any atom is 0.265 e. The maximum absolute atomic E-state index is 12.8. The zero-order valence-electron chi connectivity index (χ0n) is 17.3. The lowest BCUT2D eigenvalue weighted by molar-refractivity contribution is -0.123. The first kappa shape index (κ1) is 21.3. The molecule has 8 nitrogen and oxygen atoms in total. The van der Waals surface area contributed by atoms with Gasteiger partial charge in [-0.1, -0.05) is 25.0 Å². The largest absolute Gasteiger partial charge is 0.482 e. The molecule has 1 fully saturated rings. The second-order valence-corrected chi connectivity index (χ2v) is 9.63. The molecule has 2 N–H and O–H groups in total. The number of carbonyl (C=O) groups is 2. The molecule has 2 aromatic rings. The Balaban J connectivity index is 1.55. The van der Waals surface area contributed by atoms with Crippen LogP contribution in [0.5, 0.6) is 5.75 Å². The molecular formula is C22H25N3O5S. The summed E-state index contributed by atoms with van der Waals surface area (Å²) in [5.41, 5.74) is 1.89. The molecule has 31 heavy (non-hydrogen) atoms. The van der Waals surface area contributed by atoms with E-state index in [9.17, 15) is 18.0 Å². The Bertz CT molecular complexity index is 1110. The van der Waals surface area contributed by atoms with Gasteiger partial charge in [-0.3, -0.25) is 14.5 Å². The van der Waals surface area contributed by atoms with E-state index in [-0.39, 0.29) is 35.7 Å². The molecule has 1 aliphatic heterocycles. The fraction of sp³-hybridized carbons (Fsp3) is 0.364. The van der Waals surface area contributed by atoms with E-state index in [4.69, 9.17) is 4.74 Å². The van der Waals surface area contributed by atoms with Crippen molar-refractivity contribution in [3.05, 3.63) is 48.0 Å². The summed E-state index contributed by atoms with van der Waals surface area (Å²) < 4.78 is 33.8. The van der Waals surface area contributed by atoms with Crippen LogP contribution >= 0.6 is 0 Å². The molecule has 1 aliphatic carbocycles. The van der Waals surface area contributed by atoms with Crippen LogP contribution in [0.25, 0.3) is 0 Å². The molecule has 0 radical (unpaired) electrons. The third kappa shape index (κ3) is 4.88. The van der Waals surface area contributed by atoms with Gasteiger partial charge >= 0.3 is 0 Å². The van der Waals surface area contributed by atoms with Gasteiger partial charge in [-0.2, -0.15) is 0 Å². The number of hydrogen-bond acceptors (Lipinski definition) is 5. The number of amides is 2. The summed E-state index contributed by atoms with van der Waals surface area (Å²) in [6.07, 6.45) is 3.64. The quantitative estimate of drug-likeness (QED) is 0.714. The van der Waals surface area contributed by atoms with Gasteiger partial charge in [0.2, 0.25) is 15.9 Å². The number of nitrogens with zero attached hydrogens (tertiary/aromatic N) is 1. The van der Waals surface area contributed by atoms with Crippen molar-refractivity contribution in [3.8, 4) is 5.75 Å². The Morgan fingerprint density at radius 3 is 2.68 bits per heavy atom. The molecule has 4 rings (SSSR count). The van der Waals surface area contributed by atoms with Gasteiger partial charge in [0.15, 0.2) is 6.61 Å². The molecule has 0 atom stereocenters. The van der Waals surface area contributed by atoms with Crippen LogP contribution in [-0.2, 0) is 19.6 Å². The second-order valence-electron chi connectivity index (χ2n) is 7.92. The summed E-state index contributed by atoms with van der Waals surface area (Å²) in [4.78, 5) is 26.4. The van der Waals surface area contributed by atoms with Crippen LogP contribution in [0.4, 0.5) is 11.4 Å². The van der Waals surface area contributed by atoms with Crippen molar-refractivity contribution in [2.45, 2.75) is 43.5 Å². The van der Waals surface area contributed by atoms with Crippen LogP contribution < -0.4 is 19.7 Å². The van der Waals surface area contributed by atoms with Gasteiger partial charge in [0, 0.05) is 11.7 Å². The van der Waals surface area contributed by atoms with E-state index >= 15 is 0 Å². The fourth-order valence-electron chi connectivity index (χ4n) is 3.92. The number of rotatable bonds is 6. The van der Waals surface area contributed by atoms with Crippen molar-refractivity contribution in [3.63, 3.8) is 0 Å². The van der Waals surface area contributed by atoms with Crippen molar-refractivity contribution < 1.29 is 22.7 Å². The zero-order chi connectivity index (χ0) is 22.0. The molecule has 2 amide bonds. The minimum absolute atomic E-state index is 0.0422. The minimum Gasteiger partial charge on any atom is -0.482 e. The first-order chi connectivity index (χ1) is 14.8. The summed E-state index contributed by atoms with van der Waals surface area (Å²) >= 11 is 0. The average molecular weight is 444 g/mol.